The zero-order valence-corrected chi connectivity index (χ0v) is 10.5. The van der Waals surface area contributed by atoms with Gasteiger partial charge in [-0.25, -0.2) is 0 Å². The van der Waals surface area contributed by atoms with E-state index in [1.54, 1.807) is 0 Å². The zero-order valence-electron chi connectivity index (χ0n) is 10.5. The van der Waals surface area contributed by atoms with E-state index >= 15 is 0 Å². The summed E-state index contributed by atoms with van der Waals surface area (Å²) in [6.07, 6.45) is -3.28. The Balaban J connectivity index is 2.59. The van der Waals surface area contributed by atoms with E-state index in [0.29, 0.717) is 0 Å². The minimum absolute atomic E-state index is 0.0228. The van der Waals surface area contributed by atoms with Crippen molar-refractivity contribution >= 4 is 0 Å². The Labute approximate surface area is 101 Å². The van der Waals surface area contributed by atoms with E-state index in [4.69, 9.17) is 5.73 Å². The first kappa shape index (κ1) is 14.7. The summed E-state index contributed by atoms with van der Waals surface area (Å²) in [6.45, 7) is 4.15. The lowest BCUT2D eigenvalue weighted by molar-refractivity contribution is -0.177. The Morgan fingerprint density at radius 1 is 1.35 bits per heavy atom. The van der Waals surface area contributed by atoms with Gasteiger partial charge >= 0.3 is 6.18 Å². The molecule has 0 amide bonds. The molecule has 102 valence electrons. The molecule has 0 aliphatic carbocycles. The fourth-order valence-electron chi connectivity index (χ4n) is 2.29. The second-order valence-electron chi connectivity index (χ2n) is 4.93. The van der Waals surface area contributed by atoms with Gasteiger partial charge in [0.15, 0.2) is 0 Å². The minimum atomic E-state index is -4.19. The van der Waals surface area contributed by atoms with Crippen molar-refractivity contribution in [3.8, 4) is 0 Å². The van der Waals surface area contributed by atoms with Gasteiger partial charge in [-0.3, -0.25) is 4.90 Å². The summed E-state index contributed by atoms with van der Waals surface area (Å²) in [5.41, 5.74) is 5.23. The van der Waals surface area contributed by atoms with Crippen LogP contribution in [0.25, 0.3) is 0 Å². The fourth-order valence-corrected chi connectivity index (χ4v) is 2.29. The second-order valence-corrected chi connectivity index (χ2v) is 4.93. The average Bonchev–Trinajstić information content (AvgIpc) is 2.34. The van der Waals surface area contributed by atoms with Crippen molar-refractivity contribution < 1.29 is 13.2 Å². The molecule has 0 bridgehead atoms. The van der Waals surface area contributed by atoms with E-state index in [1.165, 1.54) is 0 Å². The summed E-state index contributed by atoms with van der Waals surface area (Å²) in [5.74, 6) is -1.41. The Morgan fingerprint density at radius 3 is 2.53 bits per heavy atom. The molecular formula is C11H22F3N3. The first-order valence-electron chi connectivity index (χ1n) is 6.04. The highest BCUT2D eigenvalue weighted by atomic mass is 19.4. The third-order valence-electron chi connectivity index (χ3n) is 3.39. The van der Waals surface area contributed by atoms with Crippen LogP contribution in [-0.2, 0) is 0 Å². The third-order valence-corrected chi connectivity index (χ3v) is 3.39. The standard InChI is InChI=1S/C11H22F3N3/c1-9-7-16(2)4-3-5-17(9)8-10(6-15)11(12,13)14/h9-10H,3-8,15H2,1-2H3. The number of alkyl halides is 3. The van der Waals surface area contributed by atoms with Crippen LogP contribution in [0.1, 0.15) is 13.3 Å². The van der Waals surface area contributed by atoms with Gasteiger partial charge in [-0.2, -0.15) is 13.2 Å². The van der Waals surface area contributed by atoms with Crippen molar-refractivity contribution in [1.29, 1.82) is 0 Å². The molecule has 1 rings (SSSR count). The molecule has 2 N–H and O–H groups in total. The monoisotopic (exact) mass is 253 g/mol. The lowest BCUT2D eigenvalue weighted by Gasteiger charge is -2.31. The molecule has 1 aliphatic heterocycles. The summed E-state index contributed by atoms with van der Waals surface area (Å²) >= 11 is 0. The largest absolute Gasteiger partial charge is 0.394 e. The van der Waals surface area contributed by atoms with E-state index in [9.17, 15) is 13.2 Å². The van der Waals surface area contributed by atoms with Crippen LogP contribution < -0.4 is 5.73 Å². The summed E-state index contributed by atoms with van der Waals surface area (Å²) in [5, 5.41) is 0. The van der Waals surface area contributed by atoms with Crippen LogP contribution >= 0.6 is 0 Å². The predicted octanol–water partition coefficient (Wildman–Crippen LogP) is 1.15. The molecule has 1 aliphatic rings. The molecule has 0 aromatic rings. The minimum Gasteiger partial charge on any atom is -0.330 e. The van der Waals surface area contributed by atoms with Crippen LogP contribution in [-0.4, -0.2) is 61.8 Å². The van der Waals surface area contributed by atoms with E-state index in [-0.39, 0.29) is 19.1 Å². The van der Waals surface area contributed by atoms with Crippen LogP contribution in [0.4, 0.5) is 13.2 Å². The predicted molar refractivity (Wildman–Crippen MR) is 61.7 cm³/mol. The number of nitrogens with zero attached hydrogens (tertiary/aromatic N) is 2. The summed E-state index contributed by atoms with van der Waals surface area (Å²) in [4.78, 5) is 4.07. The van der Waals surface area contributed by atoms with Crippen LogP contribution in [0.5, 0.6) is 0 Å². The summed E-state index contributed by atoms with van der Waals surface area (Å²) in [6, 6.07) is 0.152. The van der Waals surface area contributed by atoms with Gasteiger partial charge in [0, 0.05) is 25.7 Å². The van der Waals surface area contributed by atoms with Crippen molar-refractivity contribution in [3.05, 3.63) is 0 Å². The van der Waals surface area contributed by atoms with Gasteiger partial charge in [0.2, 0.25) is 0 Å². The Morgan fingerprint density at radius 2 is 2.00 bits per heavy atom. The molecule has 0 radical (unpaired) electrons. The van der Waals surface area contributed by atoms with Crippen LogP contribution in [0, 0.1) is 5.92 Å². The number of hydrogen-bond acceptors (Lipinski definition) is 3. The molecule has 0 aromatic heterocycles. The molecule has 0 aromatic carbocycles. The van der Waals surface area contributed by atoms with Crippen LogP contribution in [0.3, 0.4) is 0 Å². The lowest BCUT2D eigenvalue weighted by Crippen LogP contribution is -2.46. The molecule has 17 heavy (non-hydrogen) atoms. The van der Waals surface area contributed by atoms with Crippen LogP contribution in [0.2, 0.25) is 0 Å². The maximum absolute atomic E-state index is 12.7. The van der Waals surface area contributed by atoms with E-state index in [1.807, 2.05) is 18.9 Å². The average molecular weight is 253 g/mol. The van der Waals surface area contributed by atoms with Gasteiger partial charge in [0.25, 0.3) is 0 Å². The topological polar surface area (TPSA) is 32.5 Å². The highest BCUT2D eigenvalue weighted by Gasteiger charge is 2.40. The number of halogens is 3. The number of nitrogens with two attached hydrogens (primary N) is 1. The number of hydrogen-bond donors (Lipinski definition) is 1. The third kappa shape index (κ3) is 4.44. The number of rotatable bonds is 3. The van der Waals surface area contributed by atoms with Gasteiger partial charge in [-0.05, 0) is 33.5 Å². The van der Waals surface area contributed by atoms with Gasteiger partial charge in [-0.15, -0.1) is 0 Å². The highest BCUT2D eigenvalue weighted by Crippen LogP contribution is 2.27. The second kappa shape index (κ2) is 6.02. The molecule has 0 saturated carbocycles. The van der Waals surface area contributed by atoms with E-state index in [0.717, 1.165) is 26.1 Å². The Hall–Kier alpha value is -0.330. The molecule has 0 spiro atoms. The van der Waals surface area contributed by atoms with Crippen LogP contribution in [0.15, 0.2) is 0 Å². The van der Waals surface area contributed by atoms with E-state index in [2.05, 4.69) is 4.90 Å². The molecule has 2 unspecified atom stereocenters. The zero-order chi connectivity index (χ0) is 13.1. The summed E-state index contributed by atoms with van der Waals surface area (Å²) < 4.78 is 38.0. The maximum Gasteiger partial charge on any atom is 0.394 e. The molecular weight excluding hydrogens is 231 g/mol. The number of likely N-dealkylation sites (N-methyl/N-ethyl adjacent to an activating group) is 1. The van der Waals surface area contributed by atoms with Crippen molar-refractivity contribution in [2.75, 3.05) is 39.8 Å². The highest BCUT2D eigenvalue weighted by molar-refractivity contribution is 4.80. The Bertz CT molecular complexity index is 232. The van der Waals surface area contributed by atoms with Gasteiger partial charge in [-0.1, -0.05) is 0 Å². The van der Waals surface area contributed by atoms with Crippen molar-refractivity contribution in [3.63, 3.8) is 0 Å². The van der Waals surface area contributed by atoms with Gasteiger partial charge in [0.05, 0.1) is 5.92 Å². The normalized spacial score (nSPS) is 26.8. The SMILES string of the molecule is CC1CN(C)CCCN1CC(CN)C(F)(F)F. The van der Waals surface area contributed by atoms with E-state index < -0.39 is 12.1 Å². The molecule has 1 heterocycles. The lowest BCUT2D eigenvalue weighted by atomic mass is 10.1. The smallest absolute Gasteiger partial charge is 0.330 e. The van der Waals surface area contributed by atoms with Gasteiger partial charge in [0.1, 0.15) is 0 Å². The van der Waals surface area contributed by atoms with Crippen molar-refractivity contribution in [2.45, 2.75) is 25.6 Å². The Kier molecular flexibility index (Phi) is 5.22. The first-order valence-corrected chi connectivity index (χ1v) is 6.04. The first-order chi connectivity index (χ1) is 7.84. The quantitative estimate of drug-likeness (QED) is 0.819. The fraction of sp³-hybridized carbons (Fsp3) is 1.00. The molecule has 3 nitrogen and oxygen atoms in total. The molecule has 1 saturated heterocycles. The molecule has 1 fully saturated rings. The summed E-state index contributed by atoms with van der Waals surface area (Å²) in [7, 11) is 2.00. The van der Waals surface area contributed by atoms with Crippen molar-refractivity contribution in [1.82, 2.24) is 9.80 Å². The molecule has 6 heteroatoms. The van der Waals surface area contributed by atoms with Gasteiger partial charge < -0.3 is 10.6 Å². The molecule has 2 atom stereocenters. The van der Waals surface area contributed by atoms with Crippen molar-refractivity contribution in [2.24, 2.45) is 11.7 Å². The maximum atomic E-state index is 12.7.